The van der Waals surface area contributed by atoms with Gasteiger partial charge in [-0.15, -0.1) is 0 Å². The molecule has 0 aliphatic heterocycles. The van der Waals surface area contributed by atoms with Gasteiger partial charge in [-0.3, -0.25) is 0 Å². The Labute approximate surface area is 75.3 Å². The number of carbonyl (C=O) groups excluding carboxylic acids is 1. The maximum absolute atomic E-state index is 10.3. The molecule has 0 aromatic rings. The van der Waals surface area contributed by atoms with E-state index in [0.29, 0.717) is 5.92 Å². The molecule has 2 unspecified atom stereocenters. The SMILES string of the molecule is CCCOCC(C)CC(C)C=O. The molecule has 0 aromatic carbocycles. The molecule has 2 atom stereocenters. The van der Waals surface area contributed by atoms with Crippen LogP contribution >= 0.6 is 0 Å². The van der Waals surface area contributed by atoms with Crippen molar-refractivity contribution in [2.24, 2.45) is 11.8 Å². The van der Waals surface area contributed by atoms with Crippen LogP contribution in [-0.2, 0) is 9.53 Å². The van der Waals surface area contributed by atoms with Gasteiger partial charge in [-0.1, -0.05) is 20.8 Å². The van der Waals surface area contributed by atoms with Crippen molar-refractivity contribution in [2.45, 2.75) is 33.6 Å². The summed E-state index contributed by atoms with van der Waals surface area (Å²) >= 11 is 0. The first kappa shape index (κ1) is 11.6. The molecule has 0 aliphatic carbocycles. The fourth-order valence-electron chi connectivity index (χ4n) is 1.19. The molecule has 12 heavy (non-hydrogen) atoms. The molecule has 2 heteroatoms. The number of aldehydes is 1. The lowest BCUT2D eigenvalue weighted by molar-refractivity contribution is -0.111. The van der Waals surface area contributed by atoms with Crippen LogP contribution in [0.5, 0.6) is 0 Å². The Morgan fingerprint density at radius 3 is 2.58 bits per heavy atom. The van der Waals surface area contributed by atoms with Gasteiger partial charge >= 0.3 is 0 Å². The molecule has 0 spiro atoms. The van der Waals surface area contributed by atoms with E-state index in [9.17, 15) is 4.79 Å². The van der Waals surface area contributed by atoms with Gasteiger partial charge in [0.05, 0.1) is 0 Å². The molecule has 0 aromatic heterocycles. The first-order valence-corrected chi connectivity index (χ1v) is 4.73. The van der Waals surface area contributed by atoms with Gasteiger partial charge in [-0.2, -0.15) is 0 Å². The summed E-state index contributed by atoms with van der Waals surface area (Å²) in [4.78, 5) is 10.3. The Kier molecular flexibility index (Phi) is 7.06. The Morgan fingerprint density at radius 1 is 1.42 bits per heavy atom. The van der Waals surface area contributed by atoms with Crippen molar-refractivity contribution >= 4 is 6.29 Å². The number of rotatable bonds is 7. The van der Waals surface area contributed by atoms with Crippen molar-refractivity contribution in [3.05, 3.63) is 0 Å². The molecule has 0 rings (SSSR count). The smallest absolute Gasteiger partial charge is 0.122 e. The normalized spacial score (nSPS) is 15.6. The molecular weight excluding hydrogens is 152 g/mol. The van der Waals surface area contributed by atoms with Crippen LogP contribution in [0.4, 0.5) is 0 Å². The van der Waals surface area contributed by atoms with Crippen molar-refractivity contribution in [2.75, 3.05) is 13.2 Å². The fourth-order valence-corrected chi connectivity index (χ4v) is 1.19. The Balaban J connectivity index is 3.32. The van der Waals surface area contributed by atoms with Crippen LogP contribution in [0.1, 0.15) is 33.6 Å². The van der Waals surface area contributed by atoms with E-state index in [0.717, 1.165) is 32.3 Å². The minimum atomic E-state index is 0.172. The molecule has 0 radical (unpaired) electrons. The zero-order valence-electron chi connectivity index (χ0n) is 8.38. The summed E-state index contributed by atoms with van der Waals surface area (Å²) in [5, 5.41) is 0. The van der Waals surface area contributed by atoms with Crippen LogP contribution < -0.4 is 0 Å². The predicted octanol–water partition coefficient (Wildman–Crippen LogP) is 2.27. The van der Waals surface area contributed by atoms with Crippen LogP contribution in [0.2, 0.25) is 0 Å². The Bertz CT molecular complexity index is 112. The lowest BCUT2D eigenvalue weighted by atomic mass is 9.99. The van der Waals surface area contributed by atoms with Crippen LogP contribution in [-0.4, -0.2) is 19.5 Å². The van der Waals surface area contributed by atoms with Crippen LogP contribution in [0, 0.1) is 11.8 Å². The predicted molar refractivity (Wildman–Crippen MR) is 50.1 cm³/mol. The van der Waals surface area contributed by atoms with Gasteiger partial charge in [0.2, 0.25) is 0 Å². The molecular formula is C10H20O2. The third-order valence-corrected chi connectivity index (χ3v) is 1.76. The minimum Gasteiger partial charge on any atom is -0.381 e. The molecule has 2 nitrogen and oxygen atoms in total. The van der Waals surface area contributed by atoms with Crippen molar-refractivity contribution in [3.8, 4) is 0 Å². The highest BCUT2D eigenvalue weighted by atomic mass is 16.5. The third kappa shape index (κ3) is 6.35. The lowest BCUT2D eigenvalue weighted by Gasteiger charge is -2.12. The molecule has 72 valence electrons. The summed E-state index contributed by atoms with van der Waals surface area (Å²) in [5.41, 5.74) is 0. The van der Waals surface area contributed by atoms with Crippen molar-refractivity contribution < 1.29 is 9.53 Å². The van der Waals surface area contributed by atoms with Crippen molar-refractivity contribution in [1.82, 2.24) is 0 Å². The van der Waals surface area contributed by atoms with Crippen LogP contribution in [0.25, 0.3) is 0 Å². The first-order chi connectivity index (χ1) is 5.70. The molecule has 0 aliphatic rings. The molecule has 0 amide bonds. The summed E-state index contributed by atoms with van der Waals surface area (Å²) in [6, 6.07) is 0. The Morgan fingerprint density at radius 2 is 2.08 bits per heavy atom. The molecule has 0 bridgehead atoms. The zero-order valence-corrected chi connectivity index (χ0v) is 8.38. The van der Waals surface area contributed by atoms with Gasteiger partial charge in [0, 0.05) is 19.1 Å². The zero-order chi connectivity index (χ0) is 9.40. The van der Waals surface area contributed by atoms with Crippen molar-refractivity contribution in [1.29, 1.82) is 0 Å². The van der Waals surface area contributed by atoms with E-state index in [2.05, 4.69) is 13.8 Å². The van der Waals surface area contributed by atoms with Crippen molar-refractivity contribution in [3.63, 3.8) is 0 Å². The average molecular weight is 172 g/mol. The maximum atomic E-state index is 10.3. The number of hydrogen-bond acceptors (Lipinski definition) is 2. The maximum Gasteiger partial charge on any atom is 0.122 e. The minimum absolute atomic E-state index is 0.172. The quantitative estimate of drug-likeness (QED) is 0.435. The van der Waals surface area contributed by atoms with Gasteiger partial charge < -0.3 is 9.53 Å². The summed E-state index contributed by atoms with van der Waals surface area (Å²) in [7, 11) is 0. The van der Waals surface area contributed by atoms with Gasteiger partial charge in [0.1, 0.15) is 6.29 Å². The Hall–Kier alpha value is -0.370. The van der Waals surface area contributed by atoms with Gasteiger partial charge in [0.15, 0.2) is 0 Å². The first-order valence-electron chi connectivity index (χ1n) is 4.73. The van der Waals surface area contributed by atoms with Gasteiger partial charge in [-0.05, 0) is 18.8 Å². The van der Waals surface area contributed by atoms with E-state index in [-0.39, 0.29) is 5.92 Å². The number of hydrogen-bond donors (Lipinski definition) is 0. The molecule has 0 heterocycles. The molecule has 0 N–H and O–H groups in total. The van der Waals surface area contributed by atoms with E-state index in [1.807, 2.05) is 6.92 Å². The summed E-state index contributed by atoms with van der Waals surface area (Å²) < 4.78 is 5.37. The fraction of sp³-hybridized carbons (Fsp3) is 0.900. The monoisotopic (exact) mass is 172 g/mol. The van der Waals surface area contributed by atoms with E-state index in [4.69, 9.17) is 4.74 Å². The highest BCUT2D eigenvalue weighted by Crippen LogP contribution is 2.09. The second kappa shape index (κ2) is 7.29. The van der Waals surface area contributed by atoms with E-state index < -0.39 is 0 Å². The topological polar surface area (TPSA) is 26.3 Å². The van der Waals surface area contributed by atoms with E-state index >= 15 is 0 Å². The number of carbonyl (C=O) groups is 1. The molecule has 0 saturated heterocycles. The summed E-state index contributed by atoms with van der Waals surface area (Å²) in [6.07, 6.45) is 3.01. The summed E-state index contributed by atoms with van der Waals surface area (Å²) in [5.74, 6) is 0.668. The highest BCUT2D eigenvalue weighted by Gasteiger charge is 2.07. The largest absolute Gasteiger partial charge is 0.381 e. The second-order valence-corrected chi connectivity index (χ2v) is 3.53. The highest BCUT2D eigenvalue weighted by molar-refractivity contribution is 5.52. The van der Waals surface area contributed by atoms with Crippen LogP contribution in [0.3, 0.4) is 0 Å². The standard InChI is InChI=1S/C10H20O2/c1-4-5-12-8-10(3)6-9(2)7-11/h7,9-10H,4-6,8H2,1-3H3. The van der Waals surface area contributed by atoms with Gasteiger partial charge in [-0.25, -0.2) is 0 Å². The molecule has 0 saturated carbocycles. The van der Waals surface area contributed by atoms with E-state index in [1.165, 1.54) is 0 Å². The molecule has 0 fully saturated rings. The summed E-state index contributed by atoms with van der Waals surface area (Å²) in [6.45, 7) is 7.78. The third-order valence-electron chi connectivity index (χ3n) is 1.76. The lowest BCUT2D eigenvalue weighted by Crippen LogP contribution is -2.11. The number of ether oxygens (including phenoxy) is 1. The second-order valence-electron chi connectivity index (χ2n) is 3.53. The van der Waals surface area contributed by atoms with Gasteiger partial charge in [0.25, 0.3) is 0 Å². The van der Waals surface area contributed by atoms with Crippen LogP contribution in [0.15, 0.2) is 0 Å². The average Bonchev–Trinajstić information content (AvgIpc) is 2.05. The van der Waals surface area contributed by atoms with E-state index in [1.54, 1.807) is 0 Å².